The lowest BCUT2D eigenvalue weighted by atomic mass is 10.1. The number of furan rings is 1. The fourth-order valence-corrected chi connectivity index (χ4v) is 3.02. The SMILES string of the molecule is CNC1CCCN(Cc2ccc(-c3ccc([N+](=O)[O-])cc3)o2)C1.Cl. The van der Waals surface area contributed by atoms with Gasteiger partial charge in [0.25, 0.3) is 5.69 Å². The molecule has 2 aromatic rings. The average molecular weight is 352 g/mol. The molecular formula is C17H22ClN3O3. The summed E-state index contributed by atoms with van der Waals surface area (Å²) >= 11 is 0. The van der Waals surface area contributed by atoms with Crippen molar-refractivity contribution < 1.29 is 9.34 Å². The monoisotopic (exact) mass is 351 g/mol. The van der Waals surface area contributed by atoms with Gasteiger partial charge >= 0.3 is 0 Å². The second-order valence-electron chi connectivity index (χ2n) is 5.93. The minimum atomic E-state index is -0.397. The number of benzene rings is 1. The van der Waals surface area contributed by atoms with Gasteiger partial charge in [-0.05, 0) is 50.7 Å². The molecule has 1 aliphatic heterocycles. The van der Waals surface area contributed by atoms with Crippen LogP contribution in [0.5, 0.6) is 0 Å². The summed E-state index contributed by atoms with van der Waals surface area (Å²) in [6.07, 6.45) is 2.42. The molecule has 130 valence electrons. The van der Waals surface area contributed by atoms with Gasteiger partial charge in [0.15, 0.2) is 0 Å². The Morgan fingerprint density at radius 1 is 1.29 bits per heavy atom. The molecule has 1 fully saturated rings. The van der Waals surface area contributed by atoms with Gasteiger partial charge in [0.05, 0.1) is 11.5 Å². The molecule has 1 aromatic heterocycles. The van der Waals surface area contributed by atoms with Crippen molar-refractivity contribution in [2.45, 2.75) is 25.4 Å². The number of nitro groups is 1. The molecule has 0 bridgehead atoms. The number of nitrogens with one attached hydrogen (secondary N) is 1. The van der Waals surface area contributed by atoms with Crippen molar-refractivity contribution in [3.8, 4) is 11.3 Å². The number of non-ortho nitro benzene ring substituents is 1. The van der Waals surface area contributed by atoms with Crippen LogP contribution >= 0.6 is 12.4 Å². The van der Waals surface area contributed by atoms with Crippen LogP contribution in [0.3, 0.4) is 0 Å². The van der Waals surface area contributed by atoms with Crippen molar-refractivity contribution in [3.63, 3.8) is 0 Å². The molecule has 1 atom stereocenters. The summed E-state index contributed by atoms with van der Waals surface area (Å²) in [6, 6.07) is 10.9. The van der Waals surface area contributed by atoms with Gasteiger partial charge in [-0.3, -0.25) is 15.0 Å². The van der Waals surface area contributed by atoms with E-state index in [1.807, 2.05) is 19.2 Å². The number of nitrogens with zero attached hydrogens (tertiary/aromatic N) is 2. The first-order valence-corrected chi connectivity index (χ1v) is 7.89. The van der Waals surface area contributed by atoms with Crippen molar-refractivity contribution in [3.05, 3.63) is 52.3 Å². The molecule has 2 heterocycles. The van der Waals surface area contributed by atoms with Gasteiger partial charge in [0, 0.05) is 30.3 Å². The fourth-order valence-electron chi connectivity index (χ4n) is 3.02. The van der Waals surface area contributed by atoms with Gasteiger partial charge < -0.3 is 9.73 Å². The lowest BCUT2D eigenvalue weighted by Crippen LogP contribution is -2.43. The summed E-state index contributed by atoms with van der Waals surface area (Å²) in [5.74, 6) is 1.67. The van der Waals surface area contributed by atoms with Gasteiger partial charge in [-0.15, -0.1) is 12.4 Å². The van der Waals surface area contributed by atoms with E-state index in [2.05, 4.69) is 10.2 Å². The molecule has 1 aromatic carbocycles. The van der Waals surface area contributed by atoms with E-state index in [0.29, 0.717) is 6.04 Å². The number of rotatable bonds is 5. The molecule has 0 amide bonds. The molecule has 1 aliphatic rings. The Bertz CT molecular complexity index is 672. The minimum Gasteiger partial charge on any atom is -0.460 e. The molecule has 6 nitrogen and oxygen atoms in total. The Balaban J connectivity index is 0.00000208. The van der Waals surface area contributed by atoms with Crippen LogP contribution in [-0.2, 0) is 6.54 Å². The normalized spacial score (nSPS) is 18.1. The molecule has 1 N–H and O–H groups in total. The molecular weight excluding hydrogens is 330 g/mol. The number of hydrogen-bond donors (Lipinski definition) is 1. The lowest BCUT2D eigenvalue weighted by molar-refractivity contribution is -0.384. The third kappa shape index (κ3) is 4.35. The Kier molecular flexibility index (Phi) is 6.36. The van der Waals surface area contributed by atoms with E-state index in [9.17, 15) is 10.1 Å². The Morgan fingerprint density at radius 2 is 2.04 bits per heavy atom. The first kappa shape index (κ1) is 18.4. The van der Waals surface area contributed by atoms with Gasteiger partial charge in [-0.25, -0.2) is 0 Å². The molecule has 1 saturated heterocycles. The first-order valence-electron chi connectivity index (χ1n) is 7.89. The van der Waals surface area contributed by atoms with E-state index in [4.69, 9.17) is 4.42 Å². The largest absolute Gasteiger partial charge is 0.460 e. The predicted octanol–water partition coefficient (Wildman–Crippen LogP) is 3.46. The van der Waals surface area contributed by atoms with Crippen molar-refractivity contribution in [2.75, 3.05) is 20.1 Å². The molecule has 3 rings (SSSR count). The van der Waals surface area contributed by atoms with Crippen LogP contribution in [0, 0.1) is 10.1 Å². The smallest absolute Gasteiger partial charge is 0.269 e. The summed E-state index contributed by atoms with van der Waals surface area (Å²) < 4.78 is 5.91. The molecule has 7 heteroatoms. The second-order valence-corrected chi connectivity index (χ2v) is 5.93. The van der Waals surface area contributed by atoms with E-state index < -0.39 is 4.92 Å². The summed E-state index contributed by atoms with van der Waals surface area (Å²) in [4.78, 5) is 12.7. The minimum absolute atomic E-state index is 0. The zero-order valence-corrected chi connectivity index (χ0v) is 14.4. The van der Waals surface area contributed by atoms with E-state index in [1.54, 1.807) is 12.1 Å². The number of likely N-dealkylation sites (tertiary alicyclic amines) is 1. The molecule has 0 saturated carbocycles. The van der Waals surface area contributed by atoms with Gasteiger partial charge in [0.1, 0.15) is 11.5 Å². The third-order valence-electron chi connectivity index (χ3n) is 4.32. The zero-order valence-electron chi connectivity index (χ0n) is 13.6. The van der Waals surface area contributed by atoms with Crippen LogP contribution in [0.1, 0.15) is 18.6 Å². The van der Waals surface area contributed by atoms with Crippen molar-refractivity contribution in [2.24, 2.45) is 0 Å². The van der Waals surface area contributed by atoms with Crippen LogP contribution in [0.25, 0.3) is 11.3 Å². The van der Waals surface area contributed by atoms with Crippen LogP contribution in [-0.4, -0.2) is 36.0 Å². The van der Waals surface area contributed by atoms with Gasteiger partial charge in [-0.1, -0.05) is 0 Å². The first-order chi connectivity index (χ1) is 11.2. The predicted molar refractivity (Wildman–Crippen MR) is 95.4 cm³/mol. The zero-order chi connectivity index (χ0) is 16.2. The van der Waals surface area contributed by atoms with E-state index in [0.717, 1.165) is 36.7 Å². The van der Waals surface area contributed by atoms with Crippen molar-refractivity contribution in [1.29, 1.82) is 0 Å². The summed E-state index contributed by atoms with van der Waals surface area (Å²) in [7, 11) is 2.01. The standard InChI is InChI=1S/C17H21N3O3.ClH/c1-18-14-3-2-10-19(11-14)12-16-8-9-17(23-16)13-4-6-15(7-5-13)20(21)22;/h4-9,14,18H,2-3,10-12H2,1H3;1H. The number of halogens is 1. The maximum Gasteiger partial charge on any atom is 0.269 e. The highest BCUT2D eigenvalue weighted by Gasteiger charge is 2.19. The maximum atomic E-state index is 10.7. The van der Waals surface area contributed by atoms with Gasteiger partial charge in [0.2, 0.25) is 0 Å². The molecule has 0 radical (unpaired) electrons. The molecule has 24 heavy (non-hydrogen) atoms. The summed E-state index contributed by atoms with van der Waals surface area (Å²) in [5, 5.41) is 14.0. The molecule has 0 spiro atoms. The van der Waals surface area contributed by atoms with Crippen LogP contribution in [0.15, 0.2) is 40.8 Å². The average Bonchev–Trinajstić information content (AvgIpc) is 3.03. The van der Waals surface area contributed by atoms with Crippen LogP contribution in [0.2, 0.25) is 0 Å². The maximum absolute atomic E-state index is 10.7. The lowest BCUT2D eigenvalue weighted by Gasteiger charge is -2.31. The Morgan fingerprint density at radius 3 is 2.71 bits per heavy atom. The number of nitro benzene ring substituents is 1. The van der Waals surface area contributed by atoms with E-state index >= 15 is 0 Å². The molecule has 0 aliphatic carbocycles. The number of piperidine rings is 1. The highest BCUT2D eigenvalue weighted by molar-refractivity contribution is 5.85. The number of hydrogen-bond acceptors (Lipinski definition) is 5. The summed E-state index contributed by atoms with van der Waals surface area (Å²) in [6.45, 7) is 2.92. The van der Waals surface area contributed by atoms with E-state index in [-0.39, 0.29) is 18.1 Å². The van der Waals surface area contributed by atoms with E-state index in [1.165, 1.54) is 25.0 Å². The quantitative estimate of drug-likeness (QED) is 0.659. The Hall–Kier alpha value is -1.89. The Labute approximate surface area is 147 Å². The summed E-state index contributed by atoms with van der Waals surface area (Å²) in [5.41, 5.74) is 0.945. The highest BCUT2D eigenvalue weighted by Crippen LogP contribution is 2.25. The van der Waals surface area contributed by atoms with Crippen LogP contribution < -0.4 is 5.32 Å². The highest BCUT2D eigenvalue weighted by atomic mass is 35.5. The third-order valence-corrected chi connectivity index (χ3v) is 4.32. The topological polar surface area (TPSA) is 71.5 Å². The molecule has 1 unspecified atom stereocenters. The van der Waals surface area contributed by atoms with Crippen LogP contribution in [0.4, 0.5) is 5.69 Å². The number of likely N-dealkylation sites (N-methyl/N-ethyl adjacent to an activating group) is 1. The fraction of sp³-hybridized carbons (Fsp3) is 0.412. The van der Waals surface area contributed by atoms with Gasteiger partial charge in [-0.2, -0.15) is 0 Å². The van der Waals surface area contributed by atoms with Crippen molar-refractivity contribution in [1.82, 2.24) is 10.2 Å². The second kappa shape index (κ2) is 8.28. The van der Waals surface area contributed by atoms with Crippen molar-refractivity contribution >= 4 is 18.1 Å².